The van der Waals surface area contributed by atoms with Crippen LogP contribution >= 0.6 is 0 Å². The Bertz CT molecular complexity index is 377. The second kappa shape index (κ2) is 7.49. The molecule has 8 nitrogen and oxygen atoms in total. The lowest BCUT2D eigenvalue weighted by Gasteiger charge is -1.80. The Morgan fingerprint density at radius 2 is 1.00 bits per heavy atom. The van der Waals surface area contributed by atoms with Gasteiger partial charge in [0.15, 0.2) is 0 Å². The van der Waals surface area contributed by atoms with Crippen LogP contribution in [0.25, 0.3) is 0 Å². The molecule has 0 radical (unpaired) electrons. The van der Waals surface area contributed by atoms with E-state index in [9.17, 15) is 19.2 Å². The van der Waals surface area contributed by atoms with Crippen molar-refractivity contribution in [1.82, 2.24) is 10.6 Å². The summed E-state index contributed by atoms with van der Waals surface area (Å²) < 4.78 is 0. The molecule has 0 spiro atoms. The predicted octanol–water partition coefficient (Wildman–Crippen LogP) is -1.51. The standard InChI is InChI=1S/2C4H3NO2.C2H4O2/c2*6-3-1-2-4(7)5-3;1-2(3)4/h2*1-2H,(H,5,6,7);1H3,(H,3,4). The van der Waals surface area contributed by atoms with Gasteiger partial charge in [-0.1, -0.05) is 0 Å². The number of aliphatic carboxylic acids is 1. The summed E-state index contributed by atoms with van der Waals surface area (Å²) in [6, 6.07) is 0. The fraction of sp³-hybridized carbons (Fsp3) is 0.100. The molecule has 0 atom stereocenters. The third-order valence-corrected chi connectivity index (χ3v) is 1.26. The van der Waals surface area contributed by atoms with Crippen molar-refractivity contribution >= 4 is 29.6 Å². The van der Waals surface area contributed by atoms with Crippen LogP contribution in [0, 0.1) is 0 Å². The third-order valence-electron chi connectivity index (χ3n) is 1.26. The van der Waals surface area contributed by atoms with E-state index in [0.717, 1.165) is 6.92 Å². The molecule has 2 heterocycles. The van der Waals surface area contributed by atoms with Gasteiger partial charge < -0.3 is 5.11 Å². The van der Waals surface area contributed by atoms with Crippen molar-refractivity contribution in [2.75, 3.05) is 0 Å². The van der Waals surface area contributed by atoms with Gasteiger partial charge in [0.25, 0.3) is 29.6 Å². The normalized spacial score (nSPS) is 15.2. The van der Waals surface area contributed by atoms with Crippen LogP contribution in [0.3, 0.4) is 0 Å². The van der Waals surface area contributed by atoms with E-state index in [0.29, 0.717) is 0 Å². The Morgan fingerprint density at radius 1 is 0.833 bits per heavy atom. The summed E-state index contributed by atoms with van der Waals surface area (Å²) in [5.41, 5.74) is 0. The van der Waals surface area contributed by atoms with Gasteiger partial charge in [0.05, 0.1) is 0 Å². The molecule has 0 aromatic carbocycles. The van der Waals surface area contributed by atoms with E-state index in [4.69, 9.17) is 9.90 Å². The first-order valence-corrected chi connectivity index (χ1v) is 4.57. The first-order chi connectivity index (χ1) is 8.31. The second-order valence-electron chi connectivity index (χ2n) is 2.89. The minimum atomic E-state index is -0.833. The maximum absolute atomic E-state index is 10.0. The number of imide groups is 2. The van der Waals surface area contributed by atoms with E-state index in [1.54, 1.807) is 0 Å². The van der Waals surface area contributed by atoms with E-state index in [-0.39, 0.29) is 23.6 Å². The van der Waals surface area contributed by atoms with Gasteiger partial charge in [0.1, 0.15) is 0 Å². The SMILES string of the molecule is CC(=O)O.O=C1C=CC(=O)N1.O=C1C=CC(=O)N1. The monoisotopic (exact) mass is 254 g/mol. The Labute approximate surface area is 101 Å². The molecule has 3 N–H and O–H groups in total. The van der Waals surface area contributed by atoms with E-state index in [1.165, 1.54) is 24.3 Å². The molecule has 2 aliphatic heterocycles. The smallest absolute Gasteiger partial charge is 0.300 e. The van der Waals surface area contributed by atoms with Gasteiger partial charge in [-0.05, 0) is 0 Å². The number of carbonyl (C=O) groups is 5. The van der Waals surface area contributed by atoms with Crippen LogP contribution < -0.4 is 10.6 Å². The molecule has 2 aliphatic rings. The molecule has 2 rings (SSSR count). The first-order valence-electron chi connectivity index (χ1n) is 4.57. The molecule has 0 aromatic rings. The molecular weight excluding hydrogens is 244 g/mol. The Hall–Kier alpha value is -2.77. The minimum absolute atomic E-state index is 0.329. The Balaban J connectivity index is 0.000000253. The number of carboxylic acid groups (broad SMARTS) is 1. The summed E-state index contributed by atoms with van der Waals surface area (Å²) >= 11 is 0. The molecule has 18 heavy (non-hydrogen) atoms. The van der Waals surface area contributed by atoms with Crippen LogP contribution in [-0.2, 0) is 24.0 Å². The molecule has 0 saturated heterocycles. The number of rotatable bonds is 0. The van der Waals surface area contributed by atoms with Crippen molar-refractivity contribution in [3.05, 3.63) is 24.3 Å². The number of carboxylic acids is 1. The van der Waals surface area contributed by atoms with Gasteiger partial charge in [0.2, 0.25) is 0 Å². The fourth-order valence-electron chi connectivity index (χ4n) is 0.712. The molecule has 96 valence electrons. The highest BCUT2D eigenvalue weighted by Gasteiger charge is 2.07. The van der Waals surface area contributed by atoms with Crippen LogP contribution in [0.4, 0.5) is 0 Å². The van der Waals surface area contributed by atoms with Gasteiger partial charge in [0, 0.05) is 31.2 Å². The van der Waals surface area contributed by atoms with Crippen molar-refractivity contribution in [3.8, 4) is 0 Å². The summed E-state index contributed by atoms with van der Waals surface area (Å²) in [5.74, 6) is -2.15. The van der Waals surface area contributed by atoms with Gasteiger partial charge in [-0.25, -0.2) is 0 Å². The Kier molecular flexibility index (Phi) is 6.34. The van der Waals surface area contributed by atoms with E-state index in [2.05, 4.69) is 0 Å². The third kappa shape index (κ3) is 8.53. The van der Waals surface area contributed by atoms with Gasteiger partial charge in [-0.3, -0.25) is 34.6 Å². The van der Waals surface area contributed by atoms with Gasteiger partial charge >= 0.3 is 0 Å². The molecule has 0 bridgehead atoms. The highest BCUT2D eigenvalue weighted by atomic mass is 16.4. The maximum Gasteiger partial charge on any atom is 0.300 e. The van der Waals surface area contributed by atoms with Crippen molar-refractivity contribution < 1.29 is 29.1 Å². The minimum Gasteiger partial charge on any atom is -0.481 e. The summed E-state index contributed by atoms with van der Waals surface area (Å²) in [5, 5.41) is 11.5. The number of hydrogen-bond donors (Lipinski definition) is 3. The van der Waals surface area contributed by atoms with Crippen molar-refractivity contribution in [1.29, 1.82) is 0 Å². The number of hydrogen-bond acceptors (Lipinski definition) is 5. The zero-order chi connectivity index (χ0) is 14.1. The van der Waals surface area contributed by atoms with Crippen LogP contribution in [0.15, 0.2) is 24.3 Å². The summed E-state index contributed by atoms with van der Waals surface area (Å²) in [4.78, 5) is 49.1. The summed E-state index contributed by atoms with van der Waals surface area (Å²) in [7, 11) is 0. The average molecular weight is 254 g/mol. The maximum atomic E-state index is 10.0. The highest BCUT2D eigenvalue weighted by Crippen LogP contribution is 1.83. The van der Waals surface area contributed by atoms with E-state index >= 15 is 0 Å². The van der Waals surface area contributed by atoms with Crippen molar-refractivity contribution in [2.45, 2.75) is 6.92 Å². The highest BCUT2D eigenvalue weighted by molar-refractivity contribution is 6.13. The van der Waals surface area contributed by atoms with Gasteiger partial charge in [-0.15, -0.1) is 0 Å². The molecule has 8 heteroatoms. The number of amides is 4. The molecule has 0 aromatic heterocycles. The molecule has 4 amide bonds. The first kappa shape index (κ1) is 15.2. The number of nitrogens with one attached hydrogen (secondary N) is 2. The Morgan fingerprint density at radius 3 is 1.06 bits per heavy atom. The predicted molar refractivity (Wildman–Crippen MR) is 57.9 cm³/mol. The van der Waals surface area contributed by atoms with Crippen LogP contribution in [0.5, 0.6) is 0 Å². The summed E-state index contributed by atoms with van der Waals surface area (Å²) in [6.45, 7) is 1.08. The lowest BCUT2D eigenvalue weighted by Crippen LogP contribution is -2.19. The summed E-state index contributed by atoms with van der Waals surface area (Å²) in [6.07, 6.45) is 4.79. The van der Waals surface area contributed by atoms with Crippen LogP contribution in [0.2, 0.25) is 0 Å². The lowest BCUT2D eigenvalue weighted by molar-refractivity contribution is -0.134. The quantitative estimate of drug-likeness (QED) is 0.450. The molecular formula is C10H10N2O6. The largest absolute Gasteiger partial charge is 0.481 e. The second-order valence-corrected chi connectivity index (χ2v) is 2.89. The molecule has 0 fully saturated rings. The topological polar surface area (TPSA) is 130 Å². The van der Waals surface area contributed by atoms with Crippen LogP contribution in [-0.4, -0.2) is 34.7 Å². The molecule has 0 aliphatic carbocycles. The fourth-order valence-corrected chi connectivity index (χ4v) is 0.712. The zero-order valence-corrected chi connectivity index (χ0v) is 9.30. The van der Waals surface area contributed by atoms with Crippen molar-refractivity contribution in [3.63, 3.8) is 0 Å². The van der Waals surface area contributed by atoms with Gasteiger partial charge in [-0.2, -0.15) is 0 Å². The zero-order valence-electron chi connectivity index (χ0n) is 9.30. The number of carbonyl (C=O) groups excluding carboxylic acids is 4. The lowest BCUT2D eigenvalue weighted by atomic mass is 10.6. The van der Waals surface area contributed by atoms with E-state index in [1.807, 2.05) is 10.6 Å². The molecule has 0 unspecified atom stereocenters. The van der Waals surface area contributed by atoms with Crippen molar-refractivity contribution in [2.24, 2.45) is 0 Å². The van der Waals surface area contributed by atoms with Crippen LogP contribution in [0.1, 0.15) is 6.92 Å². The average Bonchev–Trinajstić information content (AvgIpc) is 2.76. The van der Waals surface area contributed by atoms with E-state index < -0.39 is 5.97 Å². The molecule has 0 saturated carbocycles.